The number of hydrogen-bond acceptors (Lipinski definition) is 3. The summed E-state index contributed by atoms with van der Waals surface area (Å²) in [5, 5.41) is 4.30. The highest BCUT2D eigenvalue weighted by Crippen LogP contribution is 2.36. The SMILES string of the molecule is CCn1nccc1[C@@H]1OCC[C@H]1C(=O)N(C)c1ccc(C)c(Br)c1. The number of amides is 1. The molecule has 24 heavy (non-hydrogen) atoms. The minimum atomic E-state index is -0.226. The van der Waals surface area contributed by atoms with E-state index in [4.69, 9.17) is 4.74 Å². The van der Waals surface area contributed by atoms with E-state index in [1.807, 2.05) is 49.8 Å². The number of aryl methyl sites for hydroxylation is 2. The van der Waals surface area contributed by atoms with Gasteiger partial charge in [-0.1, -0.05) is 22.0 Å². The number of rotatable bonds is 4. The van der Waals surface area contributed by atoms with Crippen molar-refractivity contribution in [2.45, 2.75) is 32.9 Å². The Hall–Kier alpha value is -1.66. The van der Waals surface area contributed by atoms with E-state index in [1.54, 1.807) is 11.1 Å². The van der Waals surface area contributed by atoms with Crippen LogP contribution >= 0.6 is 15.9 Å². The van der Waals surface area contributed by atoms with Crippen molar-refractivity contribution in [1.82, 2.24) is 9.78 Å². The molecule has 2 atom stereocenters. The predicted molar refractivity (Wildman–Crippen MR) is 97.0 cm³/mol. The molecule has 1 fully saturated rings. The van der Waals surface area contributed by atoms with E-state index in [2.05, 4.69) is 21.0 Å². The lowest BCUT2D eigenvalue weighted by Crippen LogP contribution is -2.34. The van der Waals surface area contributed by atoms with E-state index in [0.717, 1.165) is 34.4 Å². The molecule has 6 heteroatoms. The summed E-state index contributed by atoms with van der Waals surface area (Å²) in [5.41, 5.74) is 3.01. The van der Waals surface area contributed by atoms with Crippen molar-refractivity contribution in [3.8, 4) is 0 Å². The van der Waals surface area contributed by atoms with Crippen LogP contribution in [0, 0.1) is 12.8 Å². The van der Waals surface area contributed by atoms with Gasteiger partial charge in [0, 0.05) is 36.6 Å². The molecular formula is C18H22BrN3O2. The van der Waals surface area contributed by atoms with Gasteiger partial charge < -0.3 is 9.64 Å². The lowest BCUT2D eigenvalue weighted by Gasteiger charge is -2.25. The van der Waals surface area contributed by atoms with Gasteiger partial charge >= 0.3 is 0 Å². The van der Waals surface area contributed by atoms with Crippen LogP contribution in [0.3, 0.4) is 0 Å². The highest BCUT2D eigenvalue weighted by molar-refractivity contribution is 9.10. The number of halogens is 1. The molecule has 2 heterocycles. The van der Waals surface area contributed by atoms with E-state index in [9.17, 15) is 4.79 Å². The molecular weight excluding hydrogens is 370 g/mol. The topological polar surface area (TPSA) is 47.4 Å². The highest BCUT2D eigenvalue weighted by atomic mass is 79.9. The summed E-state index contributed by atoms with van der Waals surface area (Å²) in [4.78, 5) is 14.8. The van der Waals surface area contributed by atoms with Gasteiger partial charge in [-0.15, -0.1) is 0 Å². The van der Waals surface area contributed by atoms with Crippen molar-refractivity contribution in [1.29, 1.82) is 0 Å². The maximum Gasteiger partial charge on any atom is 0.232 e. The van der Waals surface area contributed by atoms with E-state index in [1.165, 1.54) is 0 Å². The van der Waals surface area contributed by atoms with Gasteiger partial charge in [-0.25, -0.2) is 0 Å². The molecule has 1 aromatic carbocycles. The number of aromatic nitrogens is 2. The van der Waals surface area contributed by atoms with Gasteiger partial charge in [-0.3, -0.25) is 9.48 Å². The molecule has 1 aliphatic heterocycles. The Morgan fingerprint density at radius 2 is 2.25 bits per heavy atom. The van der Waals surface area contributed by atoms with Crippen molar-refractivity contribution >= 4 is 27.5 Å². The van der Waals surface area contributed by atoms with Crippen molar-refractivity contribution in [2.75, 3.05) is 18.6 Å². The lowest BCUT2D eigenvalue weighted by molar-refractivity contribution is -0.124. The van der Waals surface area contributed by atoms with Crippen LogP contribution < -0.4 is 4.90 Å². The Kier molecular flexibility index (Phi) is 5.06. The number of hydrogen-bond donors (Lipinski definition) is 0. The minimum Gasteiger partial charge on any atom is -0.371 e. The van der Waals surface area contributed by atoms with Gasteiger partial charge in [0.05, 0.1) is 11.6 Å². The second-order valence-corrected chi connectivity index (χ2v) is 6.94. The number of carbonyl (C=O) groups excluding carboxylic acids is 1. The van der Waals surface area contributed by atoms with Crippen LogP contribution in [0.25, 0.3) is 0 Å². The fraction of sp³-hybridized carbons (Fsp3) is 0.444. The van der Waals surface area contributed by atoms with Gasteiger partial charge in [-0.05, 0) is 44.0 Å². The number of nitrogens with zero attached hydrogens (tertiary/aromatic N) is 3. The zero-order valence-electron chi connectivity index (χ0n) is 14.2. The first-order valence-corrected chi connectivity index (χ1v) is 8.99. The van der Waals surface area contributed by atoms with Crippen molar-refractivity contribution < 1.29 is 9.53 Å². The Labute approximate surface area is 150 Å². The van der Waals surface area contributed by atoms with Crippen molar-refractivity contribution in [2.24, 2.45) is 5.92 Å². The van der Waals surface area contributed by atoms with Crippen LogP contribution in [-0.4, -0.2) is 29.3 Å². The maximum atomic E-state index is 13.0. The second-order valence-electron chi connectivity index (χ2n) is 6.09. The number of carbonyl (C=O) groups is 1. The minimum absolute atomic E-state index is 0.0807. The summed E-state index contributed by atoms with van der Waals surface area (Å²) in [5.74, 6) is -0.103. The third-order valence-electron chi connectivity index (χ3n) is 4.62. The van der Waals surface area contributed by atoms with E-state index >= 15 is 0 Å². The molecule has 1 amide bonds. The number of anilines is 1. The van der Waals surface area contributed by atoms with Crippen LogP contribution in [0.5, 0.6) is 0 Å². The zero-order valence-corrected chi connectivity index (χ0v) is 15.8. The number of ether oxygens (including phenoxy) is 1. The standard InChI is InChI=1S/C18H22BrN3O2/c1-4-22-16(7-9-20-22)17-14(8-10-24-17)18(23)21(3)13-6-5-12(2)15(19)11-13/h5-7,9,11,14,17H,4,8,10H2,1-3H3/t14-,17-/m1/s1. The van der Waals surface area contributed by atoms with Crippen LogP contribution in [0.15, 0.2) is 34.9 Å². The molecule has 128 valence electrons. The molecule has 0 unspecified atom stereocenters. The van der Waals surface area contributed by atoms with E-state index < -0.39 is 0 Å². The summed E-state index contributed by atoms with van der Waals surface area (Å²) < 4.78 is 8.79. The van der Waals surface area contributed by atoms with Crippen LogP contribution in [0.1, 0.15) is 30.7 Å². The zero-order chi connectivity index (χ0) is 17.3. The quantitative estimate of drug-likeness (QED) is 0.797. The van der Waals surface area contributed by atoms with Crippen molar-refractivity contribution in [3.63, 3.8) is 0 Å². The first-order chi connectivity index (χ1) is 11.5. The summed E-state index contributed by atoms with van der Waals surface area (Å²) in [7, 11) is 1.83. The van der Waals surface area contributed by atoms with E-state index in [-0.39, 0.29) is 17.9 Å². The normalized spacial score (nSPS) is 20.3. The predicted octanol–water partition coefficient (Wildman–Crippen LogP) is 3.71. The third-order valence-corrected chi connectivity index (χ3v) is 5.48. The smallest absolute Gasteiger partial charge is 0.232 e. The van der Waals surface area contributed by atoms with Gasteiger partial charge in [0.25, 0.3) is 0 Å². The maximum absolute atomic E-state index is 13.0. The molecule has 5 nitrogen and oxygen atoms in total. The molecule has 0 spiro atoms. The van der Waals surface area contributed by atoms with Crippen LogP contribution in [-0.2, 0) is 16.1 Å². The Balaban J connectivity index is 1.84. The van der Waals surface area contributed by atoms with Crippen LogP contribution in [0.4, 0.5) is 5.69 Å². The second kappa shape index (κ2) is 7.07. The largest absolute Gasteiger partial charge is 0.371 e. The average molecular weight is 392 g/mol. The van der Waals surface area contributed by atoms with Gasteiger partial charge in [0.2, 0.25) is 5.91 Å². The molecule has 3 rings (SSSR count). The molecule has 1 aromatic heterocycles. The van der Waals surface area contributed by atoms with Gasteiger partial charge in [0.15, 0.2) is 0 Å². The molecule has 0 saturated carbocycles. The average Bonchev–Trinajstić information content (AvgIpc) is 3.23. The number of benzene rings is 1. The Bertz CT molecular complexity index is 744. The Morgan fingerprint density at radius 3 is 2.96 bits per heavy atom. The lowest BCUT2D eigenvalue weighted by atomic mass is 9.97. The van der Waals surface area contributed by atoms with Crippen molar-refractivity contribution in [3.05, 3.63) is 46.2 Å². The Morgan fingerprint density at radius 1 is 1.46 bits per heavy atom. The highest BCUT2D eigenvalue weighted by Gasteiger charge is 2.38. The first-order valence-electron chi connectivity index (χ1n) is 8.20. The molecule has 1 aliphatic rings. The van der Waals surface area contributed by atoms with E-state index in [0.29, 0.717) is 6.61 Å². The summed E-state index contributed by atoms with van der Waals surface area (Å²) in [6.45, 7) is 5.44. The molecule has 1 saturated heterocycles. The van der Waals surface area contributed by atoms with Crippen LogP contribution in [0.2, 0.25) is 0 Å². The summed E-state index contributed by atoms with van der Waals surface area (Å²) in [6, 6.07) is 7.91. The molecule has 0 radical (unpaired) electrons. The fourth-order valence-corrected chi connectivity index (χ4v) is 3.52. The molecule has 0 bridgehead atoms. The molecule has 0 aliphatic carbocycles. The molecule has 0 N–H and O–H groups in total. The first kappa shape index (κ1) is 17.2. The monoisotopic (exact) mass is 391 g/mol. The fourth-order valence-electron chi connectivity index (χ4n) is 3.15. The third kappa shape index (κ3) is 3.13. The van der Waals surface area contributed by atoms with Gasteiger partial charge in [0.1, 0.15) is 6.10 Å². The van der Waals surface area contributed by atoms with Gasteiger partial charge in [-0.2, -0.15) is 5.10 Å². The molecule has 2 aromatic rings. The summed E-state index contributed by atoms with van der Waals surface area (Å²) >= 11 is 3.53. The summed E-state index contributed by atoms with van der Waals surface area (Å²) in [6.07, 6.45) is 2.27.